The molecule has 0 aliphatic carbocycles. The largest absolute Gasteiger partial charge is 0.315 e. The number of hydrogen-bond donors (Lipinski definition) is 1. The zero-order chi connectivity index (χ0) is 16.9. The van der Waals surface area contributed by atoms with E-state index in [0.29, 0.717) is 17.6 Å². The first-order valence-corrected chi connectivity index (χ1v) is 6.92. The molecule has 0 radical (unpaired) electrons. The Bertz CT molecular complexity index is 783. The predicted octanol–water partition coefficient (Wildman–Crippen LogP) is 1.61. The van der Waals surface area contributed by atoms with E-state index in [4.69, 9.17) is 5.26 Å². The molecule has 1 aromatic rings. The van der Waals surface area contributed by atoms with E-state index in [1.165, 1.54) is 6.07 Å². The van der Waals surface area contributed by atoms with Gasteiger partial charge in [0, 0.05) is 17.6 Å². The zero-order valence-corrected chi connectivity index (χ0v) is 11.4. The van der Waals surface area contributed by atoms with Gasteiger partial charge in [-0.1, -0.05) is 0 Å². The van der Waals surface area contributed by atoms with E-state index in [2.05, 4.69) is 0 Å². The fourth-order valence-electron chi connectivity index (χ4n) is 1.33. The number of carbonyl (C=O) groups excluding carboxylic acids is 1. The van der Waals surface area contributed by atoms with Gasteiger partial charge in [-0.25, -0.2) is 8.42 Å². The first-order chi connectivity index (χ1) is 10.2. The molecule has 0 aromatic heterocycles. The van der Waals surface area contributed by atoms with Gasteiger partial charge in [0.2, 0.25) is 9.84 Å². The van der Waals surface area contributed by atoms with Crippen molar-refractivity contribution in [3.63, 3.8) is 0 Å². The lowest BCUT2D eigenvalue weighted by Gasteiger charge is -2.06. The van der Waals surface area contributed by atoms with Gasteiger partial charge >= 0.3 is 6.43 Å². The number of rotatable bonds is 5. The number of anilines is 1. The summed E-state index contributed by atoms with van der Waals surface area (Å²) in [4.78, 5) is 20.2. The number of carbonyl (C=O) groups is 1. The fraction of sp³-hybridized carbons (Fsp3) is 0.0909. The van der Waals surface area contributed by atoms with Crippen molar-refractivity contribution < 1.29 is 26.9 Å². The van der Waals surface area contributed by atoms with E-state index in [1.54, 1.807) is 5.32 Å². The minimum absolute atomic E-state index is 0.527. The summed E-state index contributed by atoms with van der Waals surface area (Å²) >= 11 is 0. The Morgan fingerprint density at radius 3 is 2.59 bits per heavy atom. The van der Waals surface area contributed by atoms with Crippen LogP contribution in [0.5, 0.6) is 0 Å². The maximum Gasteiger partial charge on any atom is 0.315 e. The second-order valence-corrected chi connectivity index (χ2v) is 5.54. The topological polar surface area (TPSA) is 130 Å². The number of halogens is 2. The number of nitro benzene ring substituents is 1. The van der Waals surface area contributed by atoms with E-state index in [0.717, 1.165) is 12.1 Å². The quantitative estimate of drug-likeness (QED) is 0.495. The molecule has 0 spiro atoms. The van der Waals surface area contributed by atoms with Crippen molar-refractivity contribution in [3.05, 3.63) is 39.8 Å². The van der Waals surface area contributed by atoms with Gasteiger partial charge in [-0.2, -0.15) is 14.0 Å². The van der Waals surface area contributed by atoms with Crippen LogP contribution in [0.1, 0.15) is 0 Å². The number of nitriles is 1. The molecule has 0 bridgehead atoms. The van der Waals surface area contributed by atoms with Crippen LogP contribution in [-0.2, 0) is 14.6 Å². The van der Waals surface area contributed by atoms with Gasteiger partial charge in [0.1, 0.15) is 5.69 Å². The third kappa shape index (κ3) is 4.06. The van der Waals surface area contributed by atoms with Crippen molar-refractivity contribution in [2.75, 3.05) is 5.32 Å². The molecular weight excluding hydrogens is 324 g/mol. The van der Waals surface area contributed by atoms with E-state index in [1.807, 2.05) is 0 Å². The first-order valence-electron chi connectivity index (χ1n) is 5.37. The van der Waals surface area contributed by atoms with Crippen molar-refractivity contribution in [2.45, 2.75) is 11.3 Å². The second-order valence-electron chi connectivity index (χ2n) is 3.70. The van der Waals surface area contributed by atoms with Gasteiger partial charge in [0.15, 0.2) is 0 Å². The average molecular weight is 331 g/mol. The lowest BCUT2D eigenvalue weighted by atomic mass is 10.2. The maximum absolute atomic E-state index is 12.1. The number of amides is 1. The van der Waals surface area contributed by atoms with Crippen molar-refractivity contribution >= 4 is 27.1 Å². The van der Waals surface area contributed by atoms with E-state index >= 15 is 0 Å². The van der Waals surface area contributed by atoms with Gasteiger partial charge in [-0.05, 0) is 12.1 Å². The molecule has 0 heterocycles. The Morgan fingerprint density at radius 1 is 1.45 bits per heavy atom. The van der Waals surface area contributed by atoms with Crippen LogP contribution >= 0.6 is 0 Å². The number of nitrogens with one attached hydrogen (secondary N) is 1. The van der Waals surface area contributed by atoms with Crippen molar-refractivity contribution in [2.24, 2.45) is 0 Å². The normalized spacial score (nSPS) is 11.4. The van der Waals surface area contributed by atoms with Gasteiger partial charge < -0.3 is 5.32 Å². The lowest BCUT2D eigenvalue weighted by molar-refractivity contribution is -0.384. The Morgan fingerprint density at radius 2 is 2.09 bits per heavy atom. The summed E-state index contributed by atoms with van der Waals surface area (Å²) in [5, 5.41) is 21.3. The Kier molecular flexibility index (Phi) is 5.25. The van der Waals surface area contributed by atoms with Crippen LogP contribution in [0.3, 0.4) is 0 Å². The minimum Gasteiger partial charge on any atom is -0.315 e. The molecule has 1 rings (SSSR count). The molecule has 0 atom stereocenters. The summed E-state index contributed by atoms with van der Waals surface area (Å²) in [6.07, 6.45) is -2.73. The summed E-state index contributed by atoms with van der Waals surface area (Å²) in [6, 6.07) is 3.73. The lowest BCUT2D eigenvalue weighted by Crippen LogP contribution is -2.20. The molecule has 0 aliphatic heterocycles. The standard InChI is InChI=1S/C11H7F2N3O5S/c12-10(13)11(17)15-8-3-2-7(6-9(8)16(18)19)22(20,21)5-1-4-14/h1-3,5-6,10H,(H,15,17)/b5-1+. The summed E-state index contributed by atoms with van der Waals surface area (Å²) in [6.45, 7) is 0. The molecular formula is C11H7F2N3O5S. The van der Waals surface area contributed by atoms with Crippen LogP contribution in [0.2, 0.25) is 0 Å². The maximum atomic E-state index is 12.1. The highest BCUT2D eigenvalue weighted by atomic mass is 32.2. The highest BCUT2D eigenvalue weighted by Crippen LogP contribution is 2.28. The molecule has 8 nitrogen and oxygen atoms in total. The molecule has 0 aliphatic rings. The van der Waals surface area contributed by atoms with Crippen molar-refractivity contribution in [1.82, 2.24) is 0 Å². The Labute approximate surface area is 122 Å². The van der Waals surface area contributed by atoms with Gasteiger partial charge in [0.25, 0.3) is 11.6 Å². The number of hydrogen-bond acceptors (Lipinski definition) is 6. The highest BCUT2D eigenvalue weighted by molar-refractivity contribution is 7.94. The third-order valence-corrected chi connectivity index (χ3v) is 3.68. The number of nitrogens with zero attached hydrogens (tertiary/aromatic N) is 2. The molecule has 0 fully saturated rings. The minimum atomic E-state index is -4.11. The summed E-state index contributed by atoms with van der Waals surface area (Å²) in [5.74, 6) is -1.76. The Hall–Kier alpha value is -2.87. The predicted molar refractivity (Wildman–Crippen MR) is 69.7 cm³/mol. The average Bonchev–Trinajstić information content (AvgIpc) is 2.44. The first kappa shape index (κ1) is 17.2. The van der Waals surface area contributed by atoms with Crippen molar-refractivity contribution in [3.8, 4) is 6.07 Å². The van der Waals surface area contributed by atoms with Crippen molar-refractivity contribution in [1.29, 1.82) is 5.26 Å². The van der Waals surface area contributed by atoms with Crippen LogP contribution in [0.15, 0.2) is 34.6 Å². The summed E-state index contributed by atoms with van der Waals surface area (Å²) < 4.78 is 47.8. The van der Waals surface area contributed by atoms with Gasteiger partial charge in [-0.3, -0.25) is 14.9 Å². The molecule has 1 N–H and O–H groups in total. The number of benzene rings is 1. The van der Waals surface area contributed by atoms with Gasteiger partial charge in [-0.15, -0.1) is 0 Å². The number of allylic oxidation sites excluding steroid dienone is 1. The fourth-order valence-corrected chi connectivity index (χ4v) is 2.26. The van der Waals surface area contributed by atoms with Crippen LogP contribution in [-0.4, -0.2) is 25.7 Å². The highest BCUT2D eigenvalue weighted by Gasteiger charge is 2.23. The van der Waals surface area contributed by atoms with E-state index in [9.17, 15) is 32.1 Å². The summed E-state index contributed by atoms with van der Waals surface area (Å²) in [5.41, 5.74) is -1.45. The van der Waals surface area contributed by atoms with Crippen LogP contribution in [0.4, 0.5) is 20.2 Å². The molecule has 0 saturated heterocycles. The monoisotopic (exact) mass is 331 g/mol. The molecule has 1 aromatic carbocycles. The van der Waals surface area contributed by atoms with E-state index in [-0.39, 0.29) is 0 Å². The molecule has 0 unspecified atom stereocenters. The SMILES string of the molecule is N#C/C=C/S(=O)(=O)c1ccc(NC(=O)C(F)F)c([N+](=O)[O-])c1. The van der Waals surface area contributed by atoms with Crippen LogP contribution in [0, 0.1) is 21.4 Å². The number of sulfone groups is 1. The number of alkyl halides is 2. The summed E-state index contributed by atoms with van der Waals surface area (Å²) in [7, 11) is -4.11. The van der Waals surface area contributed by atoms with Gasteiger partial charge in [0.05, 0.1) is 15.9 Å². The second kappa shape index (κ2) is 6.72. The van der Waals surface area contributed by atoms with E-state index < -0.39 is 43.4 Å². The molecule has 22 heavy (non-hydrogen) atoms. The molecule has 11 heteroatoms. The Balaban J connectivity index is 3.33. The van der Waals surface area contributed by atoms with Crippen LogP contribution < -0.4 is 5.32 Å². The molecule has 1 amide bonds. The zero-order valence-electron chi connectivity index (χ0n) is 10.6. The number of nitro groups is 1. The smallest absolute Gasteiger partial charge is 0.315 e. The van der Waals surface area contributed by atoms with Crippen LogP contribution in [0.25, 0.3) is 0 Å². The third-order valence-electron chi connectivity index (χ3n) is 2.27. The molecule has 116 valence electrons. The molecule has 0 saturated carbocycles.